The molecule has 5 nitrogen and oxygen atoms in total. The van der Waals surface area contributed by atoms with E-state index in [1.54, 1.807) is 12.1 Å². The topological polar surface area (TPSA) is 83.5 Å². The first-order chi connectivity index (χ1) is 7.39. The molecule has 0 fully saturated rings. The summed E-state index contributed by atoms with van der Waals surface area (Å²) in [4.78, 5) is 10.4. The number of benzene rings is 1. The number of hydrogen-bond acceptors (Lipinski definition) is 4. The predicted molar refractivity (Wildman–Crippen MR) is 60.0 cm³/mol. The molecule has 1 aromatic rings. The van der Waals surface area contributed by atoms with Crippen molar-refractivity contribution < 1.29 is 18.3 Å². The predicted octanol–water partition coefficient (Wildman–Crippen LogP) is 1.10. The number of carboxylic acid groups (broad SMARTS) is 1. The Morgan fingerprint density at radius 2 is 1.88 bits per heavy atom. The average molecular weight is 241 g/mol. The first-order valence-electron chi connectivity index (χ1n) is 4.36. The van der Waals surface area contributed by atoms with Crippen LogP contribution in [-0.4, -0.2) is 25.7 Å². The molecule has 1 aromatic carbocycles. The summed E-state index contributed by atoms with van der Waals surface area (Å²) in [6, 6.07) is 6.02. The lowest BCUT2D eigenvalue weighted by Gasteiger charge is -2.01. The van der Waals surface area contributed by atoms with Gasteiger partial charge in [-0.05, 0) is 24.3 Å². The molecular weight excluding hydrogens is 230 g/mol. The van der Waals surface area contributed by atoms with Crippen molar-refractivity contribution in [2.45, 2.75) is 4.90 Å². The van der Waals surface area contributed by atoms with Crippen LogP contribution in [0.25, 0.3) is 0 Å². The number of carbonyl (C=O) groups is 1. The van der Waals surface area contributed by atoms with Gasteiger partial charge >= 0.3 is 5.97 Å². The summed E-state index contributed by atoms with van der Waals surface area (Å²) in [7, 11) is -3.19. The standard InChI is InChI=1S/C10H11NO4S/c1-16(14,15)9-4-2-8(3-5-9)11-7-6-10(12)13/h2-7,11H,1H3,(H,12,13)/b7-6+. The minimum atomic E-state index is -3.19. The third-order valence-corrected chi connectivity index (χ3v) is 2.89. The van der Waals surface area contributed by atoms with E-state index in [1.807, 2.05) is 0 Å². The summed E-state index contributed by atoms with van der Waals surface area (Å²) < 4.78 is 22.3. The monoisotopic (exact) mass is 241 g/mol. The summed E-state index contributed by atoms with van der Waals surface area (Å²) >= 11 is 0. The zero-order chi connectivity index (χ0) is 12.2. The normalized spacial score (nSPS) is 11.6. The van der Waals surface area contributed by atoms with Crippen molar-refractivity contribution in [2.24, 2.45) is 0 Å². The first kappa shape index (κ1) is 12.3. The Balaban J connectivity index is 2.77. The largest absolute Gasteiger partial charge is 0.478 e. The third kappa shape index (κ3) is 3.74. The molecule has 0 bridgehead atoms. The zero-order valence-corrected chi connectivity index (χ0v) is 9.36. The summed E-state index contributed by atoms with van der Waals surface area (Å²) in [6.45, 7) is 0. The molecule has 0 aliphatic rings. The maximum absolute atomic E-state index is 11.1. The second kappa shape index (κ2) is 4.80. The van der Waals surface area contributed by atoms with Gasteiger partial charge in [-0.2, -0.15) is 0 Å². The van der Waals surface area contributed by atoms with Crippen molar-refractivity contribution in [1.82, 2.24) is 0 Å². The number of aliphatic carboxylic acids is 1. The first-order valence-corrected chi connectivity index (χ1v) is 6.25. The molecule has 0 atom stereocenters. The van der Waals surface area contributed by atoms with Crippen LogP contribution in [0.1, 0.15) is 0 Å². The SMILES string of the molecule is CS(=O)(=O)c1ccc(N/C=C/C(=O)O)cc1. The Hall–Kier alpha value is -1.82. The minimum absolute atomic E-state index is 0.222. The van der Waals surface area contributed by atoms with Crippen molar-refractivity contribution in [3.8, 4) is 0 Å². The van der Waals surface area contributed by atoms with E-state index in [0.717, 1.165) is 12.3 Å². The van der Waals surface area contributed by atoms with Gasteiger partial charge in [0.25, 0.3) is 0 Å². The van der Waals surface area contributed by atoms with E-state index in [4.69, 9.17) is 5.11 Å². The number of hydrogen-bond donors (Lipinski definition) is 2. The maximum Gasteiger partial charge on any atom is 0.329 e. The van der Waals surface area contributed by atoms with Crippen LogP contribution < -0.4 is 5.32 Å². The molecule has 0 radical (unpaired) electrons. The highest BCUT2D eigenvalue weighted by Gasteiger charge is 2.05. The summed E-state index contributed by atoms with van der Waals surface area (Å²) in [6.07, 6.45) is 3.34. The molecule has 1 rings (SSSR count). The van der Waals surface area contributed by atoms with Gasteiger partial charge in [-0.15, -0.1) is 0 Å². The molecule has 0 aliphatic carbocycles. The van der Waals surface area contributed by atoms with E-state index < -0.39 is 15.8 Å². The fourth-order valence-electron chi connectivity index (χ4n) is 1.01. The lowest BCUT2D eigenvalue weighted by atomic mass is 10.3. The quantitative estimate of drug-likeness (QED) is 0.771. The van der Waals surface area contributed by atoms with E-state index in [1.165, 1.54) is 18.3 Å². The Bertz CT molecular complexity index is 502. The highest BCUT2D eigenvalue weighted by molar-refractivity contribution is 7.90. The van der Waals surface area contributed by atoms with Crippen LogP contribution in [0, 0.1) is 0 Å². The molecule has 0 saturated heterocycles. The van der Waals surface area contributed by atoms with Gasteiger partial charge in [-0.25, -0.2) is 13.2 Å². The van der Waals surface area contributed by atoms with Crippen LogP contribution in [-0.2, 0) is 14.6 Å². The van der Waals surface area contributed by atoms with Crippen LogP contribution in [0.3, 0.4) is 0 Å². The molecule has 0 spiro atoms. The molecule has 86 valence electrons. The van der Waals surface area contributed by atoms with Gasteiger partial charge in [0.1, 0.15) is 0 Å². The van der Waals surface area contributed by atoms with Gasteiger partial charge < -0.3 is 10.4 Å². The molecule has 0 amide bonds. The van der Waals surface area contributed by atoms with Crippen molar-refractivity contribution in [3.63, 3.8) is 0 Å². The van der Waals surface area contributed by atoms with Crippen LogP contribution in [0.15, 0.2) is 41.4 Å². The Labute approximate surface area is 93.3 Å². The molecular formula is C10H11NO4S. The van der Waals surface area contributed by atoms with E-state index >= 15 is 0 Å². The van der Waals surface area contributed by atoms with Crippen molar-refractivity contribution >= 4 is 21.5 Å². The Morgan fingerprint density at radius 3 is 2.31 bits per heavy atom. The minimum Gasteiger partial charge on any atom is -0.478 e. The van der Waals surface area contributed by atoms with Gasteiger partial charge in [0, 0.05) is 24.2 Å². The second-order valence-corrected chi connectivity index (χ2v) is 5.13. The molecule has 0 heterocycles. The van der Waals surface area contributed by atoms with Crippen molar-refractivity contribution in [3.05, 3.63) is 36.5 Å². The summed E-state index contributed by atoms with van der Waals surface area (Å²) in [5.74, 6) is -1.06. The van der Waals surface area contributed by atoms with E-state index in [2.05, 4.69) is 5.32 Å². The Morgan fingerprint density at radius 1 is 1.31 bits per heavy atom. The molecule has 6 heteroatoms. The van der Waals surface area contributed by atoms with Crippen LogP contribution >= 0.6 is 0 Å². The van der Waals surface area contributed by atoms with Gasteiger partial charge in [0.2, 0.25) is 0 Å². The zero-order valence-electron chi connectivity index (χ0n) is 8.54. The second-order valence-electron chi connectivity index (χ2n) is 3.11. The van der Waals surface area contributed by atoms with Gasteiger partial charge in [-0.3, -0.25) is 0 Å². The highest BCUT2D eigenvalue weighted by atomic mass is 32.2. The van der Waals surface area contributed by atoms with E-state index in [0.29, 0.717) is 5.69 Å². The van der Waals surface area contributed by atoms with Gasteiger partial charge in [0.05, 0.1) is 4.90 Å². The fraction of sp³-hybridized carbons (Fsp3) is 0.100. The lowest BCUT2D eigenvalue weighted by Crippen LogP contribution is -1.97. The molecule has 0 aromatic heterocycles. The van der Waals surface area contributed by atoms with Gasteiger partial charge in [0.15, 0.2) is 9.84 Å². The smallest absolute Gasteiger partial charge is 0.329 e. The average Bonchev–Trinajstić information content (AvgIpc) is 2.16. The number of sulfone groups is 1. The third-order valence-electron chi connectivity index (χ3n) is 1.76. The van der Waals surface area contributed by atoms with Gasteiger partial charge in [-0.1, -0.05) is 0 Å². The van der Waals surface area contributed by atoms with Crippen LogP contribution in [0.2, 0.25) is 0 Å². The number of anilines is 1. The van der Waals surface area contributed by atoms with E-state index in [9.17, 15) is 13.2 Å². The molecule has 16 heavy (non-hydrogen) atoms. The molecule has 0 saturated carbocycles. The fourth-order valence-corrected chi connectivity index (χ4v) is 1.64. The number of nitrogens with one attached hydrogen (secondary N) is 1. The number of carboxylic acids is 1. The summed E-state index contributed by atoms with van der Waals surface area (Å²) in [5, 5.41) is 11.0. The van der Waals surface area contributed by atoms with Crippen LogP contribution in [0.5, 0.6) is 0 Å². The molecule has 2 N–H and O–H groups in total. The van der Waals surface area contributed by atoms with Crippen LogP contribution in [0.4, 0.5) is 5.69 Å². The Kier molecular flexibility index (Phi) is 3.68. The molecule has 0 aliphatic heterocycles. The molecule has 0 unspecified atom stereocenters. The highest BCUT2D eigenvalue weighted by Crippen LogP contribution is 2.13. The lowest BCUT2D eigenvalue weighted by molar-refractivity contribution is -0.131. The number of rotatable bonds is 4. The van der Waals surface area contributed by atoms with E-state index in [-0.39, 0.29) is 4.90 Å². The van der Waals surface area contributed by atoms with Crippen molar-refractivity contribution in [2.75, 3.05) is 11.6 Å². The maximum atomic E-state index is 11.1. The van der Waals surface area contributed by atoms with Crippen molar-refractivity contribution in [1.29, 1.82) is 0 Å². The summed E-state index contributed by atoms with van der Waals surface area (Å²) in [5.41, 5.74) is 0.616.